The molecular weight excluding hydrogens is 336 g/mol. The maximum atomic E-state index is 12.9. The average Bonchev–Trinajstić information content (AvgIpc) is 2.54. The molecule has 0 aromatic heterocycles. The number of hydrogen-bond acceptors (Lipinski definition) is 5. The Morgan fingerprint density at radius 2 is 1.60 bits per heavy atom. The van der Waals surface area contributed by atoms with Gasteiger partial charge in [-0.05, 0) is 6.07 Å². The first-order valence-electron chi connectivity index (χ1n) is 7.98. The molecule has 1 aliphatic carbocycles. The molecule has 6 heteroatoms. The number of anilines is 1. The smallest absolute Gasteiger partial charge is 0.198 e. The van der Waals surface area contributed by atoms with E-state index in [9.17, 15) is 14.7 Å². The Kier molecular flexibility index (Phi) is 4.34. The highest BCUT2D eigenvalue weighted by Gasteiger charge is 2.34. The molecule has 0 atom stereocenters. The number of nitrogens with zero attached hydrogens (tertiary/aromatic N) is 1. The van der Waals surface area contributed by atoms with E-state index in [-0.39, 0.29) is 34.1 Å². The molecule has 2 aromatic rings. The Bertz CT molecular complexity index is 885. The van der Waals surface area contributed by atoms with Crippen molar-refractivity contribution in [2.45, 2.75) is 4.90 Å². The first-order valence-corrected chi connectivity index (χ1v) is 8.96. The Hall–Kier alpha value is -2.31. The van der Waals surface area contributed by atoms with E-state index in [1.165, 1.54) is 17.8 Å². The zero-order chi connectivity index (χ0) is 18.4. The maximum absolute atomic E-state index is 12.9. The Labute approximate surface area is 151 Å². The predicted octanol–water partition coefficient (Wildman–Crippen LogP) is 2.55. The van der Waals surface area contributed by atoms with Crippen LogP contribution in [0.5, 0.6) is 5.75 Å². The number of nitrogens with two attached hydrogens (primary N) is 1. The minimum atomic E-state index is -0.364. The summed E-state index contributed by atoms with van der Waals surface area (Å²) in [6.45, 7) is 0.900. The van der Waals surface area contributed by atoms with Crippen molar-refractivity contribution < 1.29 is 19.2 Å². The first-order chi connectivity index (χ1) is 11.7. The number of ketones is 2. The number of phenolic OH excluding ortho intramolecular Hbond substituents is 1. The SMILES string of the molecule is C[N+](C)(C)CCSc1cc(O)c2c(c1N)C(=O)c1ccccc1C2=O. The van der Waals surface area contributed by atoms with E-state index in [0.29, 0.717) is 16.0 Å². The third-order valence-electron chi connectivity index (χ3n) is 4.20. The number of rotatable bonds is 4. The Morgan fingerprint density at radius 3 is 2.16 bits per heavy atom. The van der Waals surface area contributed by atoms with Crippen LogP contribution >= 0.6 is 11.8 Å². The molecule has 0 saturated heterocycles. The van der Waals surface area contributed by atoms with E-state index in [4.69, 9.17) is 5.73 Å². The molecule has 0 spiro atoms. The summed E-state index contributed by atoms with van der Waals surface area (Å²) in [6.07, 6.45) is 0. The van der Waals surface area contributed by atoms with Crippen molar-refractivity contribution in [2.75, 3.05) is 39.2 Å². The van der Waals surface area contributed by atoms with Gasteiger partial charge in [0, 0.05) is 21.8 Å². The second kappa shape index (κ2) is 6.20. The van der Waals surface area contributed by atoms with Crippen LogP contribution in [0.4, 0.5) is 5.69 Å². The van der Waals surface area contributed by atoms with Crippen LogP contribution in [0.25, 0.3) is 0 Å². The molecule has 0 aliphatic heterocycles. The summed E-state index contributed by atoms with van der Waals surface area (Å²) in [4.78, 5) is 26.2. The van der Waals surface area contributed by atoms with E-state index in [1.54, 1.807) is 24.3 Å². The molecule has 0 saturated carbocycles. The third kappa shape index (κ3) is 3.15. The lowest BCUT2D eigenvalue weighted by molar-refractivity contribution is -0.867. The summed E-state index contributed by atoms with van der Waals surface area (Å²) in [5.74, 6) is -0.0841. The molecule has 2 aromatic carbocycles. The molecule has 0 radical (unpaired) electrons. The molecule has 0 unspecified atom stereocenters. The van der Waals surface area contributed by atoms with Crippen LogP contribution in [-0.4, -0.2) is 54.6 Å². The van der Waals surface area contributed by atoms with Gasteiger partial charge >= 0.3 is 0 Å². The van der Waals surface area contributed by atoms with Crippen molar-refractivity contribution in [2.24, 2.45) is 0 Å². The lowest BCUT2D eigenvalue weighted by Gasteiger charge is -2.24. The van der Waals surface area contributed by atoms with Crippen LogP contribution in [0.2, 0.25) is 0 Å². The molecular formula is C19H21N2O3S+. The second-order valence-corrected chi connectivity index (χ2v) is 8.26. The number of nitrogen functional groups attached to an aromatic ring is 1. The van der Waals surface area contributed by atoms with Gasteiger partial charge in [-0.15, -0.1) is 11.8 Å². The summed E-state index contributed by atoms with van der Waals surface area (Å²) in [5.41, 5.74) is 7.26. The van der Waals surface area contributed by atoms with Crippen molar-refractivity contribution in [3.63, 3.8) is 0 Å². The lowest BCUT2D eigenvalue weighted by Crippen LogP contribution is -2.36. The van der Waals surface area contributed by atoms with Gasteiger partial charge in [0.25, 0.3) is 0 Å². The number of fused-ring (bicyclic) bond motifs is 2. The molecule has 0 fully saturated rings. The molecule has 1 aliphatic rings. The number of hydrogen-bond donors (Lipinski definition) is 2. The molecule has 0 heterocycles. The molecule has 5 nitrogen and oxygen atoms in total. The van der Waals surface area contributed by atoms with Gasteiger partial charge in [-0.3, -0.25) is 9.59 Å². The number of carbonyl (C=O) groups is 2. The summed E-state index contributed by atoms with van der Waals surface area (Å²) < 4.78 is 0.800. The monoisotopic (exact) mass is 357 g/mol. The molecule has 3 N–H and O–H groups in total. The number of thioether (sulfide) groups is 1. The molecule has 25 heavy (non-hydrogen) atoms. The van der Waals surface area contributed by atoms with Crippen molar-refractivity contribution in [3.8, 4) is 5.75 Å². The quantitative estimate of drug-likeness (QED) is 0.325. The minimum Gasteiger partial charge on any atom is -0.507 e. The van der Waals surface area contributed by atoms with Crippen molar-refractivity contribution in [1.29, 1.82) is 0 Å². The summed E-state index contributed by atoms with van der Waals surface area (Å²) in [5, 5.41) is 10.4. The van der Waals surface area contributed by atoms with Crippen LogP contribution in [-0.2, 0) is 0 Å². The van der Waals surface area contributed by atoms with Crippen LogP contribution in [0, 0.1) is 0 Å². The van der Waals surface area contributed by atoms with Gasteiger partial charge in [0.05, 0.1) is 44.5 Å². The van der Waals surface area contributed by atoms with E-state index < -0.39 is 0 Å². The summed E-state index contributed by atoms with van der Waals surface area (Å²) in [6, 6.07) is 8.12. The normalized spacial score (nSPS) is 13.6. The third-order valence-corrected chi connectivity index (χ3v) is 5.23. The zero-order valence-corrected chi connectivity index (χ0v) is 15.3. The lowest BCUT2D eigenvalue weighted by atomic mass is 9.83. The minimum absolute atomic E-state index is 0.0113. The average molecular weight is 357 g/mol. The Balaban J connectivity index is 2.04. The number of benzene rings is 2. The van der Waals surface area contributed by atoms with Crippen molar-refractivity contribution in [3.05, 3.63) is 52.6 Å². The van der Waals surface area contributed by atoms with Crippen molar-refractivity contribution in [1.82, 2.24) is 0 Å². The zero-order valence-electron chi connectivity index (χ0n) is 14.5. The fourth-order valence-corrected chi connectivity index (χ4v) is 4.13. The molecule has 130 valence electrons. The van der Waals surface area contributed by atoms with Gasteiger partial charge in [0.2, 0.25) is 0 Å². The van der Waals surface area contributed by atoms with Gasteiger partial charge in [-0.25, -0.2) is 0 Å². The fourth-order valence-electron chi connectivity index (χ4n) is 2.82. The topological polar surface area (TPSA) is 80.4 Å². The molecule has 0 bridgehead atoms. The number of quaternary nitrogens is 1. The van der Waals surface area contributed by atoms with Gasteiger partial charge < -0.3 is 15.3 Å². The van der Waals surface area contributed by atoms with Crippen LogP contribution in [0.15, 0.2) is 35.2 Å². The van der Waals surface area contributed by atoms with E-state index in [2.05, 4.69) is 21.1 Å². The molecule has 0 amide bonds. The van der Waals surface area contributed by atoms with Gasteiger partial charge in [0.1, 0.15) is 5.75 Å². The standard InChI is InChI=1S/C19H20N2O3S/c1-21(2,3)8-9-25-14-10-13(22)15-16(17(14)20)19(24)12-7-5-4-6-11(12)18(15)23/h4-7,10H,8-9H2,1-3H3,(H2-,20,22,23,24)/p+1. The fraction of sp³-hybridized carbons (Fsp3) is 0.263. The predicted molar refractivity (Wildman–Crippen MR) is 99.4 cm³/mol. The highest BCUT2D eigenvalue weighted by molar-refractivity contribution is 7.99. The Morgan fingerprint density at radius 1 is 1.04 bits per heavy atom. The van der Waals surface area contributed by atoms with Crippen LogP contribution in [0.3, 0.4) is 0 Å². The van der Waals surface area contributed by atoms with Crippen molar-refractivity contribution >= 4 is 29.0 Å². The highest BCUT2D eigenvalue weighted by atomic mass is 32.2. The van der Waals surface area contributed by atoms with Crippen LogP contribution < -0.4 is 5.73 Å². The summed E-state index contributed by atoms with van der Waals surface area (Å²) in [7, 11) is 6.27. The maximum Gasteiger partial charge on any atom is 0.198 e. The van der Waals surface area contributed by atoms with E-state index in [1.807, 2.05) is 0 Å². The number of aromatic hydroxyl groups is 1. The molecule has 3 rings (SSSR count). The second-order valence-electron chi connectivity index (χ2n) is 7.12. The van der Waals surface area contributed by atoms with E-state index >= 15 is 0 Å². The largest absolute Gasteiger partial charge is 0.507 e. The van der Waals surface area contributed by atoms with Gasteiger partial charge in [-0.1, -0.05) is 24.3 Å². The van der Waals surface area contributed by atoms with E-state index in [0.717, 1.165) is 16.8 Å². The number of phenols is 1. The number of carbonyl (C=O) groups excluding carboxylic acids is 2. The van der Waals surface area contributed by atoms with Crippen LogP contribution in [0.1, 0.15) is 31.8 Å². The summed E-state index contributed by atoms with van der Waals surface area (Å²) >= 11 is 1.48. The first kappa shape index (κ1) is 17.5. The van der Waals surface area contributed by atoms with Gasteiger partial charge in [-0.2, -0.15) is 0 Å². The van der Waals surface area contributed by atoms with Gasteiger partial charge in [0.15, 0.2) is 11.6 Å². The highest BCUT2D eigenvalue weighted by Crippen LogP contribution is 2.41.